The Hall–Kier alpha value is -0.700. The number of hydrogen-bond donors (Lipinski definition) is 1. The molecule has 0 radical (unpaired) electrons. The van der Waals surface area contributed by atoms with Gasteiger partial charge in [-0.3, -0.25) is 9.69 Å². The summed E-state index contributed by atoms with van der Waals surface area (Å²) in [5.41, 5.74) is 0. The number of carbonyl (C=O) groups is 1. The monoisotopic (exact) mass is 319 g/mol. The molecule has 0 aromatic rings. The summed E-state index contributed by atoms with van der Waals surface area (Å²) in [7, 11) is -3.39. The topological polar surface area (TPSA) is 81.2 Å². The molecule has 2 saturated heterocycles. The van der Waals surface area contributed by atoms with Gasteiger partial charge in [0.05, 0.1) is 6.54 Å². The number of aliphatic carboxylic acids is 1. The van der Waals surface area contributed by atoms with Gasteiger partial charge in [-0.15, -0.1) is 0 Å². The predicted molar refractivity (Wildman–Crippen MR) is 79.2 cm³/mol. The Kier molecular flexibility index (Phi) is 5.59. The Balaban J connectivity index is 1.95. The molecule has 2 fully saturated rings. The van der Waals surface area contributed by atoms with Gasteiger partial charge in [0.2, 0.25) is 0 Å². The second-order valence-electron chi connectivity index (χ2n) is 6.01. The average Bonchev–Trinajstić information content (AvgIpc) is 2.64. The van der Waals surface area contributed by atoms with Gasteiger partial charge in [0.15, 0.2) is 0 Å². The van der Waals surface area contributed by atoms with Gasteiger partial charge < -0.3 is 5.11 Å². The van der Waals surface area contributed by atoms with Crippen LogP contribution in [0.3, 0.4) is 0 Å². The third-order valence-corrected chi connectivity index (χ3v) is 6.34. The third kappa shape index (κ3) is 4.38. The summed E-state index contributed by atoms with van der Waals surface area (Å²) in [6, 6.07) is 0. The maximum atomic E-state index is 12.6. The normalized spacial score (nSPS) is 24.8. The van der Waals surface area contributed by atoms with E-state index in [4.69, 9.17) is 5.11 Å². The molecule has 0 bridgehead atoms. The molecular formula is C13H25N3O4S. The molecule has 1 N–H and O–H groups in total. The second kappa shape index (κ2) is 7.04. The number of hydrogen-bond acceptors (Lipinski definition) is 4. The number of carboxylic acids is 1. The molecular weight excluding hydrogens is 294 g/mol. The highest BCUT2D eigenvalue weighted by Crippen LogP contribution is 2.21. The molecule has 0 unspecified atom stereocenters. The standard InChI is InChI=1S/C13H25N3O4S/c1-12-3-7-16(8-4-12)21(19,20)15-6-2-5-14(9-10-15)11-13(17)18/h12H,2-11H2,1H3,(H,17,18). The van der Waals surface area contributed by atoms with Gasteiger partial charge in [0.1, 0.15) is 0 Å². The van der Waals surface area contributed by atoms with Crippen molar-refractivity contribution >= 4 is 16.2 Å². The van der Waals surface area contributed by atoms with Crippen molar-refractivity contribution in [2.45, 2.75) is 26.2 Å². The first kappa shape index (κ1) is 16.7. The molecule has 0 aromatic heterocycles. The first-order valence-corrected chi connectivity index (χ1v) is 8.98. The van der Waals surface area contributed by atoms with Crippen LogP contribution in [0.5, 0.6) is 0 Å². The molecule has 2 rings (SSSR count). The van der Waals surface area contributed by atoms with Crippen LogP contribution in [0.25, 0.3) is 0 Å². The van der Waals surface area contributed by atoms with Crippen molar-refractivity contribution in [1.82, 2.24) is 13.5 Å². The summed E-state index contributed by atoms with van der Waals surface area (Å²) in [6.45, 7) is 5.30. The van der Waals surface area contributed by atoms with E-state index < -0.39 is 16.2 Å². The smallest absolute Gasteiger partial charge is 0.317 e. The van der Waals surface area contributed by atoms with Crippen molar-refractivity contribution in [2.24, 2.45) is 5.92 Å². The fraction of sp³-hybridized carbons (Fsp3) is 0.923. The summed E-state index contributed by atoms with van der Waals surface area (Å²) < 4.78 is 28.4. The maximum Gasteiger partial charge on any atom is 0.317 e. The molecule has 2 aliphatic rings. The first-order chi connectivity index (χ1) is 9.89. The molecule has 0 amide bonds. The lowest BCUT2D eigenvalue weighted by molar-refractivity contribution is -0.138. The maximum absolute atomic E-state index is 12.6. The molecule has 7 nitrogen and oxygen atoms in total. The average molecular weight is 319 g/mol. The molecule has 2 heterocycles. The summed E-state index contributed by atoms with van der Waals surface area (Å²) in [5, 5.41) is 8.83. The minimum absolute atomic E-state index is 0.0187. The van der Waals surface area contributed by atoms with E-state index in [2.05, 4.69) is 6.92 Å². The van der Waals surface area contributed by atoms with E-state index in [-0.39, 0.29) is 6.54 Å². The Morgan fingerprint density at radius 3 is 2.29 bits per heavy atom. The van der Waals surface area contributed by atoms with Crippen molar-refractivity contribution in [1.29, 1.82) is 0 Å². The highest BCUT2D eigenvalue weighted by atomic mass is 32.2. The zero-order chi connectivity index (χ0) is 15.5. The van der Waals surface area contributed by atoms with Gasteiger partial charge in [0.25, 0.3) is 10.2 Å². The Labute approximate surface area is 126 Å². The van der Waals surface area contributed by atoms with Crippen LogP contribution in [0.15, 0.2) is 0 Å². The van der Waals surface area contributed by atoms with Gasteiger partial charge in [-0.05, 0) is 25.2 Å². The van der Waals surface area contributed by atoms with Crippen LogP contribution in [-0.2, 0) is 15.0 Å². The zero-order valence-electron chi connectivity index (χ0n) is 12.6. The Morgan fingerprint density at radius 2 is 1.67 bits per heavy atom. The van der Waals surface area contributed by atoms with Gasteiger partial charge in [-0.2, -0.15) is 17.0 Å². The highest BCUT2D eigenvalue weighted by Gasteiger charge is 2.33. The second-order valence-corrected chi connectivity index (χ2v) is 7.94. The Morgan fingerprint density at radius 1 is 1.05 bits per heavy atom. The summed E-state index contributed by atoms with van der Waals surface area (Å²) >= 11 is 0. The summed E-state index contributed by atoms with van der Waals surface area (Å²) in [5.74, 6) is -0.275. The summed E-state index contributed by atoms with van der Waals surface area (Å²) in [6.07, 6.45) is 2.51. The number of carboxylic acid groups (broad SMARTS) is 1. The van der Waals surface area contributed by atoms with Crippen molar-refractivity contribution in [3.05, 3.63) is 0 Å². The van der Waals surface area contributed by atoms with E-state index in [1.165, 1.54) is 4.31 Å². The molecule has 21 heavy (non-hydrogen) atoms. The number of nitrogens with zero attached hydrogens (tertiary/aromatic N) is 3. The van der Waals surface area contributed by atoms with E-state index in [9.17, 15) is 13.2 Å². The van der Waals surface area contributed by atoms with E-state index >= 15 is 0 Å². The van der Waals surface area contributed by atoms with Crippen molar-refractivity contribution in [3.63, 3.8) is 0 Å². The quantitative estimate of drug-likeness (QED) is 0.792. The third-order valence-electron chi connectivity index (χ3n) is 4.30. The fourth-order valence-corrected chi connectivity index (χ4v) is 4.58. The molecule has 0 atom stereocenters. The predicted octanol–water partition coefficient (Wildman–Crippen LogP) is 0.0554. The Bertz CT molecular complexity index is 460. The molecule has 8 heteroatoms. The molecule has 0 aromatic carbocycles. The van der Waals surface area contributed by atoms with Gasteiger partial charge in [-0.25, -0.2) is 0 Å². The lowest BCUT2D eigenvalue weighted by atomic mass is 10.0. The van der Waals surface area contributed by atoms with Gasteiger partial charge >= 0.3 is 5.97 Å². The molecule has 0 saturated carbocycles. The van der Waals surface area contributed by atoms with Crippen molar-refractivity contribution in [3.8, 4) is 0 Å². The molecule has 122 valence electrons. The van der Waals surface area contributed by atoms with E-state index in [0.29, 0.717) is 51.6 Å². The van der Waals surface area contributed by atoms with Crippen LogP contribution >= 0.6 is 0 Å². The van der Waals surface area contributed by atoms with Crippen LogP contribution in [0.2, 0.25) is 0 Å². The van der Waals surface area contributed by atoms with E-state index in [1.54, 1.807) is 9.21 Å². The van der Waals surface area contributed by atoms with Gasteiger partial charge in [-0.1, -0.05) is 6.92 Å². The lowest BCUT2D eigenvalue weighted by Crippen LogP contribution is -2.48. The number of piperidine rings is 1. The lowest BCUT2D eigenvalue weighted by Gasteiger charge is -2.33. The van der Waals surface area contributed by atoms with Crippen molar-refractivity contribution < 1.29 is 18.3 Å². The van der Waals surface area contributed by atoms with E-state index in [1.807, 2.05) is 0 Å². The van der Waals surface area contributed by atoms with E-state index in [0.717, 1.165) is 12.8 Å². The minimum Gasteiger partial charge on any atom is -0.480 e. The first-order valence-electron chi connectivity index (χ1n) is 7.59. The van der Waals surface area contributed by atoms with Gasteiger partial charge in [0, 0.05) is 39.3 Å². The zero-order valence-corrected chi connectivity index (χ0v) is 13.4. The highest BCUT2D eigenvalue weighted by molar-refractivity contribution is 7.86. The van der Waals surface area contributed by atoms with Crippen molar-refractivity contribution in [2.75, 3.05) is 45.8 Å². The minimum atomic E-state index is -3.39. The molecule has 2 aliphatic heterocycles. The van der Waals surface area contributed by atoms with Crippen LogP contribution < -0.4 is 0 Å². The fourth-order valence-electron chi connectivity index (χ4n) is 2.91. The number of rotatable bonds is 4. The van der Waals surface area contributed by atoms with Crippen LogP contribution in [0.4, 0.5) is 0 Å². The van der Waals surface area contributed by atoms with Crippen LogP contribution in [-0.4, -0.2) is 78.8 Å². The molecule has 0 aliphatic carbocycles. The largest absolute Gasteiger partial charge is 0.480 e. The SMILES string of the molecule is CC1CCN(S(=O)(=O)N2CCCN(CC(=O)O)CC2)CC1. The summed E-state index contributed by atoms with van der Waals surface area (Å²) in [4.78, 5) is 12.6. The van der Waals surface area contributed by atoms with Crippen LogP contribution in [0, 0.1) is 5.92 Å². The molecule has 0 spiro atoms. The van der Waals surface area contributed by atoms with Crippen LogP contribution in [0.1, 0.15) is 26.2 Å².